The summed E-state index contributed by atoms with van der Waals surface area (Å²) in [6, 6.07) is 4.34. The molecule has 1 aromatic carbocycles. The number of hydrogen-bond acceptors (Lipinski definition) is 0. The van der Waals surface area contributed by atoms with Crippen molar-refractivity contribution in [2.75, 3.05) is 0 Å². The Morgan fingerprint density at radius 2 is 1.83 bits per heavy atom. The maximum Gasteiger partial charge on any atom is 0.0452 e. The van der Waals surface area contributed by atoms with Gasteiger partial charge in [0.2, 0.25) is 0 Å². The van der Waals surface area contributed by atoms with Crippen LogP contribution in [-0.4, -0.2) is 0 Å². The van der Waals surface area contributed by atoms with E-state index < -0.39 is 0 Å². The number of halogens is 2. The molecule has 0 bridgehead atoms. The molecule has 0 aromatic heterocycles. The maximum atomic E-state index is 6.36. The topological polar surface area (TPSA) is 0 Å². The minimum atomic E-state index is 0.407. The van der Waals surface area contributed by atoms with Crippen LogP contribution in [0.1, 0.15) is 60.0 Å². The van der Waals surface area contributed by atoms with Gasteiger partial charge in [-0.25, -0.2) is 0 Å². The van der Waals surface area contributed by atoms with E-state index in [1.807, 2.05) is 0 Å². The van der Waals surface area contributed by atoms with Crippen molar-refractivity contribution >= 4 is 27.5 Å². The van der Waals surface area contributed by atoms with Gasteiger partial charge in [0.25, 0.3) is 0 Å². The molecule has 0 amide bonds. The molecule has 0 aliphatic heterocycles. The van der Waals surface area contributed by atoms with Crippen LogP contribution in [0.2, 0.25) is 5.02 Å². The highest BCUT2D eigenvalue weighted by molar-refractivity contribution is 9.09. The van der Waals surface area contributed by atoms with Crippen LogP contribution in [0.15, 0.2) is 12.1 Å². The highest BCUT2D eigenvalue weighted by atomic mass is 79.9. The number of benzene rings is 1. The first kappa shape index (κ1) is 14.4. The number of alkyl halides is 1. The van der Waals surface area contributed by atoms with Crippen LogP contribution in [0.5, 0.6) is 0 Å². The Morgan fingerprint density at radius 3 is 2.50 bits per heavy atom. The standard InChI is InChI=1S/C16H22BrCl/c1-11-9-14(16(18)10-12(11)2)15(17)8-7-13-5-3-4-6-13/h9-10,13,15H,3-8H2,1-2H3. The van der Waals surface area contributed by atoms with E-state index in [0.29, 0.717) is 4.83 Å². The van der Waals surface area contributed by atoms with Crippen molar-refractivity contribution in [2.45, 2.75) is 57.2 Å². The maximum absolute atomic E-state index is 6.36. The van der Waals surface area contributed by atoms with Crippen LogP contribution in [0, 0.1) is 19.8 Å². The van der Waals surface area contributed by atoms with Crippen molar-refractivity contribution in [3.8, 4) is 0 Å². The Labute approximate surface area is 124 Å². The molecular formula is C16H22BrCl. The number of hydrogen-bond donors (Lipinski definition) is 0. The van der Waals surface area contributed by atoms with E-state index in [-0.39, 0.29) is 0 Å². The second kappa shape index (κ2) is 6.43. The molecule has 0 radical (unpaired) electrons. The highest BCUT2D eigenvalue weighted by Gasteiger charge is 2.18. The Morgan fingerprint density at radius 1 is 1.22 bits per heavy atom. The van der Waals surface area contributed by atoms with E-state index in [4.69, 9.17) is 11.6 Å². The molecule has 0 heterocycles. The second-order valence-electron chi connectivity index (χ2n) is 5.65. The molecule has 0 nitrogen and oxygen atoms in total. The quantitative estimate of drug-likeness (QED) is 0.563. The summed E-state index contributed by atoms with van der Waals surface area (Å²) in [5, 5.41) is 0.909. The lowest BCUT2D eigenvalue weighted by Gasteiger charge is -2.16. The first-order valence-electron chi connectivity index (χ1n) is 6.98. The minimum Gasteiger partial charge on any atom is -0.0840 e. The fourth-order valence-electron chi connectivity index (χ4n) is 2.88. The van der Waals surface area contributed by atoms with Gasteiger partial charge in [0.15, 0.2) is 0 Å². The minimum absolute atomic E-state index is 0.407. The Balaban J connectivity index is 1.99. The summed E-state index contributed by atoms with van der Waals surface area (Å²) in [6.07, 6.45) is 8.26. The van der Waals surface area contributed by atoms with Crippen molar-refractivity contribution < 1.29 is 0 Å². The zero-order chi connectivity index (χ0) is 13.1. The van der Waals surface area contributed by atoms with Gasteiger partial charge >= 0.3 is 0 Å². The average molecular weight is 330 g/mol. The van der Waals surface area contributed by atoms with E-state index in [0.717, 1.165) is 10.9 Å². The molecule has 2 heteroatoms. The van der Waals surface area contributed by atoms with Gasteiger partial charge in [-0.05, 0) is 55.4 Å². The van der Waals surface area contributed by atoms with Gasteiger partial charge in [0.1, 0.15) is 0 Å². The molecule has 1 aliphatic rings. The van der Waals surface area contributed by atoms with E-state index in [2.05, 4.69) is 41.9 Å². The van der Waals surface area contributed by atoms with E-state index >= 15 is 0 Å². The summed E-state index contributed by atoms with van der Waals surface area (Å²) >= 11 is 10.2. The monoisotopic (exact) mass is 328 g/mol. The Kier molecular flexibility index (Phi) is 5.14. The van der Waals surface area contributed by atoms with Gasteiger partial charge < -0.3 is 0 Å². The second-order valence-corrected chi connectivity index (χ2v) is 7.17. The molecule has 1 aliphatic carbocycles. The fraction of sp³-hybridized carbons (Fsp3) is 0.625. The van der Waals surface area contributed by atoms with Crippen LogP contribution in [-0.2, 0) is 0 Å². The Bertz CT molecular complexity index is 408. The predicted molar refractivity (Wildman–Crippen MR) is 83.8 cm³/mol. The molecular weight excluding hydrogens is 308 g/mol. The number of aryl methyl sites for hydroxylation is 2. The molecule has 1 fully saturated rings. The summed E-state index contributed by atoms with van der Waals surface area (Å²) in [4.78, 5) is 0.407. The highest BCUT2D eigenvalue weighted by Crippen LogP contribution is 2.38. The summed E-state index contributed by atoms with van der Waals surface area (Å²) in [6.45, 7) is 4.28. The van der Waals surface area contributed by atoms with Crippen LogP contribution in [0.25, 0.3) is 0 Å². The normalized spacial score (nSPS) is 18.2. The third kappa shape index (κ3) is 3.51. The zero-order valence-electron chi connectivity index (χ0n) is 11.3. The van der Waals surface area contributed by atoms with Gasteiger partial charge in [0, 0.05) is 9.85 Å². The lowest BCUT2D eigenvalue weighted by molar-refractivity contribution is 0.483. The Hall–Kier alpha value is -0.0100. The van der Waals surface area contributed by atoms with E-state index in [1.165, 1.54) is 55.2 Å². The molecule has 0 spiro atoms. The number of rotatable bonds is 4. The van der Waals surface area contributed by atoms with Crippen molar-refractivity contribution in [2.24, 2.45) is 5.92 Å². The van der Waals surface area contributed by atoms with E-state index in [9.17, 15) is 0 Å². The smallest absolute Gasteiger partial charge is 0.0452 e. The SMILES string of the molecule is Cc1cc(Cl)c(C(Br)CCC2CCCC2)cc1C. The van der Waals surface area contributed by atoms with Gasteiger partial charge in [-0.1, -0.05) is 59.3 Å². The van der Waals surface area contributed by atoms with Gasteiger partial charge in [-0.3, -0.25) is 0 Å². The fourth-order valence-corrected chi connectivity index (χ4v) is 4.00. The van der Waals surface area contributed by atoms with Crippen molar-refractivity contribution in [1.29, 1.82) is 0 Å². The predicted octanol–water partition coefficient (Wildman–Crippen LogP) is 6.36. The molecule has 1 saturated carbocycles. The molecule has 1 unspecified atom stereocenters. The summed E-state index contributed by atoms with van der Waals surface area (Å²) in [5.74, 6) is 0.954. The van der Waals surface area contributed by atoms with Crippen molar-refractivity contribution in [3.63, 3.8) is 0 Å². The molecule has 0 N–H and O–H groups in total. The summed E-state index contributed by atoms with van der Waals surface area (Å²) in [7, 11) is 0. The molecule has 2 rings (SSSR count). The lowest BCUT2D eigenvalue weighted by atomic mass is 9.97. The molecule has 1 atom stereocenters. The lowest BCUT2D eigenvalue weighted by Crippen LogP contribution is -1.99. The van der Waals surface area contributed by atoms with Gasteiger partial charge in [-0.2, -0.15) is 0 Å². The van der Waals surface area contributed by atoms with Gasteiger partial charge in [0.05, 0.1) is 0 Å². The molecule has 100 valence electrons. The van der Waals surface area contributed by atoms with Crippen LogP contribution < -0.4 is 0 Å². The van der Waals surface area contributed by atoms with Crippen LogP contribution >= 0.6 is 27.5 Å². The third-order valence-electron chi connectivity index (χ3n) is 4.25. The molecule has 1 aromatic rings. The first-order valence-corrected chi connectivity index (χ1v) is 8.28. The van der Waals surface area contributed by atoms with Crippen molar-refractivity contribution in [3.05, 3.63) is 33.8 Å². The summed E-state index contributed by atoms with van der Waals surface area (Å²) in [5.41, 5.74) is 3.87. The largest absolute Gasteiger partial charge is 0.0840 e. The zero-order valence-corrected chi connectivity index (χ0v) is 13.6. The molecule has 0 saturated heterocycles. The molecule has 18 heavy (non-hydrogen) atoms. The third-order valence-corrected chi connectivity index (χ3v) is 5.53. The van der Waals surface area contributed by atoms with Crippen molar-refractivity contribution in [1.82, 2.24) is 0 Å². The van der Waals surface area contributed by atoms with Crippen LogP contribution in [0.4, 0.5) is 0 Å². The van der Waals surface area contributed by atoms with E-state index in [1.54, 1.807) is 0 Å². The summed E-state index contributed by atoms with van der Waals surface area (Å²) < 4.78 is 0. The van der Waals surface area contributed by atoms with Gasteiger partial charge in [-0.15, -0.1) is 0 Å². The average Bonchev–Trinajstić information content (AvgIpc) is 2.84. The first-order chi connectivity index (χ1) is 8.58. The van der Waals surface area contributed by atoms with Crippen LogP contribution in [0.3, 0.4) is 0 Å².